The normalized spacial score (nSPS) is 13.2. The van der Waals surface area contributed by atoms with Crippen molar-refractivity contribution >= 4 is 16.3 Å². The van der Waals surface area contributed by atoms with Crippen LogP contribution >= 0.6 is 0 Å². The number of ether oxygens (including phenoxy) is 2. The third-order valence-electron chi connectivity index (χ3n) is 6.22. The molecule has 10 heteroatoms. The highest BCUT2D eigenvalue weighted by atomic mass is 32.2. The summed E-state index contributed by atoms with van der Waals surface area (Å²) in [5.41, 5.74) is 2.71. The number of carbonyl (C=O) groups is 1. The zero-order valence-corrected chi connectivity index (χ0v) is 24.5. The van der Waals surface area contributed by atoms with Gasteiger partial charge in [0.25, 0.3) is 10.2 Å². The minimum Gasteiger partial charge on any atom is -0.445 e. The zero-order chi connectivity index (χ0) is 29.5. The van der Waals surface area contributed by atoms with E-state index in [-0.39, 0.29) is 38.8 Å². The SMILES string of the molecule is CC(C)CN(C[C@@H](O)[C@H](Cc1ccccc1)NC(=O)OCc1ccccc1)S(=O)(=O)NCCOCc1ccccc1. The minimum absolute atomic E-state index is 0.00414. The lowest BCUT2D eigenvalue weighted by Gasteiger charge is -2.30. The molecule has 0 spiro atoms. The number of benzene rings is 3. The van der Waals surface area contributed by atoms with Crippen molar-refractivity contribution in [2.24, 2.45) is 5.92 Å². The summed E-state index contributed by atoms with van der Waals surface area (Å²) in [6.45, 7) is 4.50. The van der Waals surface area contributed by atoms with Gasteiger partial charge in [0, 0.05) is 19.6 Å². The molecule has 3 aromatic carbocycles. The van der Waals surface area contributed by atoms with E-state index in [0.29, 0.717) is 13.0 Å². The van der Waals surface area contributed by atoms with E-state index in [1.165, 1.54) is 4.31 Å². The molecule has 0 aliphatic carbocycles. The van der Waals surface area contributed by atoms with Crippen LogP contribution in [-0.2, 0) is 39.3 Å². The summed E-state index contributed by atoms with van der Waals surface area (Å²) in [7, 11) is -3.94. The van der Waals surface area contributed by atoms with Gasteiger partial charge in [-0.2, -0.15) is 17.4 Å². The topological polar surface area (TPSA) is 117 Å². The number of nitrogens with zero attached hydrogens (tertiary/aromatic N) is 1. The Balaban J connectivity index is 1.62. The quantitative estimate of drug-likeness (QED) is 0.208. The minimum atomic E-state index is -3.94. The molecule has 222 valence electrons. The maximum Gasteiger partial charge on any atom is 0.407 e. The molecule has 3 N–H and O–H groups in total. The van der Waals surface area contributed by atoms with E-state index in [1.807, 2.05) is 105 Å². The Bertz CT molecular complexity index is 1260. The van der Waals surface area contributed by atoms with Crippen LogP contribution in [0.3, 0.4) is 0 Å². The Morgan fingerprint density at radius 1 is 0.829 bits per heavy atom. The highest BCUT2D eigenvalue weighted by Crippen LogP contribution is 2.12. The highest BCUT2D eigenvalue weighted by Gasteiger charge is 2.30. The zero-order valence-electron chi connectivity index (χ0n) is 23.7. The van der Waals surface area contributed by atoms with Gasteiger partial charge in [-0.05, 0) is 29.0 Å². The van der Waals surface area contributed by atoms with Gasteiger partial charge in [0.1, 0.15) is 6.61 Å². The van der Waals surface area contributed by atoms with Crippen LogP contribution < -0.4 is 10.0 Å². The maximum absolute atomic E-state index is 13.2. The Hall–Kier alpha value is -3.28. The van der Waals surface area contributed by atoms with Crippen molar-refractivity contribution in [3.8, 4) is 0 Å². The van der Waals surface area contributed by atoms with E-state index in [9.17, 15) is 18.3 Å². The Labute approximate surface area is 243 Å². The van der Waals surface area contributed by atoms with E-state index < -0.39 is 28.4 Å². The van der Waals surface area contributed by atoms with Crippen molar-refractivity contribution in [3.05, 3.63) is 108 Å². The highest BCUT2D eigenvalue weighted by molar-refractivity contribution is 7.87. The van der Waals surface area contributed by atoms with E-state index in [0.717, 1.165) is 16.7 Å². The predicted octanol–water partition coefficient (Wildman–Crippen LogP) is 3.89. The molecule has 0 radical (unpaired) electrons. The number of alkyl carbamates (subject to hydrolysis) is 1. The average molecular weight is 584 g/mol. The van der Waals surface area contributed by atoms with Crippen LogP contribution in [0.15, 0.2) is 91.0 Å². The van der Waals surface area contributed by atoms with Gasteiger partial charge in [-0.1, -0.05) is 105 Å². The van der Waals surface area contributed by atoms with Gasteiger partial charge in [-0.3, -0.25) is 0 Å². The summed E-state index contributed by atoms with van der Waals surface area (Å²) in [6.07, 6.45) is -1.61. The van der Waals surface area contributed by atoms with Crippen molar-refractivity contribution in [1.29, 1.82) is 0 Å². The van der Waals surface area contributed by atoms with Crippen molar-refractivity contribution in [2.45, 2.75) is 45.6 Å². The predicted molar refractivity (Wildman–Crippen MR) is 159 cm³/mol. The number of amides is 1. The van der Waals surface area contributed by atoms with Gasteiger partial charge in [-0.15, -0.1) is 0 Å². The summed E-state index contributed by atoms with van der Waals surface area (Å²) in [5, 5.41) is 14.0. The van der Waals surface area contributed by atoms with Crippen LogP contribution in [0.5, 0.6) is 0 Å². The standard InChI is InChI=1S/C31H41N3O6S/c1-25(2)21-34(41(37,38)32-18-19-39-23-27-14-8-4-9-15-27)22-30(35)29(20-26-12-6-3-7-13-26)33-31(36)40-24-28-16-10-5-11-17-28/h3-17,25,29-30,32,35H,18-24H2,1-2H3,(H,33,36)/t29-,30+/m0/s1. The van der Waals surface area contributed by atoms with E-state index >= 15 is 0 Å². The molecule has 41 heavy (non-hydrogen) atoms. The van der Waals surface area contributed by atoms with Crippen molar-refractivity contribution in [1.82, 2.24) is 14.3 Å². The molecule has 0 unspecified atom stereocenters. The number of hydrogen-bond donors (Lipinski definition) is 3. The molecule has 0 aliphatic heterocycles. The Kier molecular flexibility index (Phi) is 13.3. The lowest BCUT2D eigenvalue weighted by molar-refractivity contribution is 0.0868. The number of aliphatic hydroxyl groups excluding tert-OH is 1. The second-order valence-electron chi connectivity index (χ2n) is 10.2. The summed E-state index contributed by atoms with van der Waals surface area (Å²) in [6, 6.07) is 27.5. The molecular formula is C31H41N3O6S. The fourth-order valence-corrected chi connectivity index (χ4v) is 5.55. The molecule has 0 fully saturated rings. The van der Waals surface area contributed by atoms with Crippen LogP contribution in [-0.4, -0.2) is 62.3 Å². The van der Waals surface area contributed by atoms with Crippen molar-refractivity contribution < 1.29 is 27.8 Å². The first-order valence-corrected chi connectivity index (χ1v) is 15.2. The molecule has 0 aromatic heterocycles. The fourth-order valence-electron chi connectivity index (χ4n) is 4.18. The van der Waals surface area contributed by atoms with Crippen LogP contribution in [0.25, 0.3) is 0 Å². The summed E-state index contributed by atoms with van der Waals surface area (Å²) >= 11 is 0. The fraction of sp³-hybridized carbons (Fsp3) is 0.387. The largest absolute Gasteiger partial charge is 0.445 e. The number of nitrogens with one attached hydrogen (secondary N) is 2. The first-order valence-electron chi connectivity index (χ1n) is 13.8. The molecule has 3 aromatic rings. The van der Waals surface area contributed by atoms with Gasteiger partial charge in [-0.25, -0.2) is 4.79 Å². The number of carbonyl (C=O) groups excluding carboxylic acids is 1. The van der Waals surface area contributed by atoms with Crippen LogP contribution in [0.4, 0.5) is 4.79 Å². The molecule has 9 nitrogen and oxygen atoms in total. The molecular weight excluding hydrogens is 542 g/mol. The first-order chi connectivity index (χ1) is 19.7. The third-order valence-corrected chi connectivity index (χ3v) is 7.77. The molecule has 1 amide bonds. The lowest BCUT2D eigenvalue weighted by Crippen LogP contribution is -2.53. The van der Waals surface area contributed by atoms with Gasteiger partial charge < -0.3 is 19.9 Å². The first kappa shape index (κ1) is 32.2. The molecule has 0 saturated heterocycles. The van der Waals surface area contributed by atoms with Crippen molar-refractivity contribution in [3.63, 3.8) is 0 Å². The van der Waals surface area contributed by atoms with E-state index in [4.69, 9.17) is 9.47 Å². The summed E-state index contributed by atoms with van der Waals surface area (Å²) in [5.74, 6) is 0.00414. The third kappa shape index (κ3) is 12.0. The van der Waals surface area contributed by atoms with E-state index in [1.54, 1.807) is 0 Å². The lowest BCUT2D eigenvalue weighted by atomic mass is 10.0. The van der Waals surface area contributed by atoms with Gasteiger partial charge >= 0.3 is 6.09 Å². The number of rotatable bonds is 17. The van der Waals surface area contributed by atoms with Crippen LogP contribution in [0.2, 0.25) is 0 Å². The van der Waals surface area contributed by atoms with E-state index in [2.05, 4.69) is 10.0 Å². The van der Waals surface area contributed by atoms with Crippen LogP contribution in [0, 0.1) is 5.92 Å². The average Bonchev–Trinajstić information content (AvgIpc) is 2.96. The van der Waals surface area contributed by atoms with Gasteiger partial charge in [0.2, 0.25) is 0 Å². The second kappa shape index (κ2) is 16.9. The molecule has 0 saturated carbocycles. The van der Waals surface area contributed by atoms with Gasteiger partial charge in [0.05, 0.1) is 25.4 Å². The summed E-state index contributed by atoms with van der Waals surface area (Å²) < 4.78 is 41.2. The Morgan fingerprint density at radius 2 is 1.37 bits per heavy atom. The van der Waals surface area contributed by atoms with Crippen LogP contribution in [0.1, 0.15) is 30.5 Å². The molecule has 0 heterocycles. The number of hydrogen-bond acceptors (Lipinski definition) is 6. The molecule has 0 bridgehead atoms. The molecule has 3 rings (SSSR count). The maximum atomic E-state index is 13.2. The Morgan fingerprint density at radius 3 is 1.93 bits per heavy atom. The number of aliphatic hydroxyl groups is 1. The monoisotopic (exact) mass is 583 g/mol. The van der Waals surface area contributed by atoms with Crippen molar-refractivity contribution in [2.75, 3.05) is 26.2 Å². The van der Waals surface area contributed by atoms with Gasteiger partial charge in [0.15, 0.2) is 0 Å². The summed E-state index contributed by atoms with van der Waals surface area (Å²) in [4.78, 5) is 12.7. The molecule has 2 atom stereocenters. The molecule has 0 aliphatic rings. The second-order valence-corrected chi connectivity index (χ2v) is 12.0. The smallest absolute Gasteiger partial charge is 0.407 e.